The zero-order valence-electron chi connectivity index (χ0n) is 17.9. The molecule has 3 rings (SSSR count). The molecule has 7 heteroatoms. The normalized spacial score (nSPS) is 14.3. The van der Waals surface area contributed by atoms with Crippen LogP contribution in [0.25, 0.3) is 0 Å². The number of ether oxygens (including phenoxy) is 2. The summed E-state index contributed by atoms with van der Waals surface area (Å²) in [5.74, 6) is -0.343. The quantitative estimate of drug-likeness (QED) is 0.658. The van der Waals surface area contributed by atoms with E-state index in [-0.39, 0.29) is 37.4 Å². The fraction of sp³-hybridized carbons (Fsp3) is 0.375. The van der Waals surface area contributed by atoms with Gasteiger partial charge in [0.05, 0.1) is 24.8 Å². The molecule has 164 valence electrons. The van der Waals surface area contributed by atoms with E-state index in [1.54, 1.807) is 24.3 Å². The minimum Gasteiger partial charge on any atom is -0.491 e. The Bertz CT molecular complexity index is 913. The Morgan fingerprint density at radius 3 is 2.55 bits per heavy atom. The van der Waals surface area contributed by atoms with Crippen molar-refractivity contribution in [3.63, 3.8) is 0 Å². The van der Waals surface area contributed by atoms with E-state index in [9.17, 15) is 14.4 Å². The summed E-state index contributed by atoms with van der Waals surface area (Å²) in [5.41, 5.74) is 1.52. The van der Waals surface area contributed by atoms with Crippen molar-refractivity contribution < 1.29 is 23.9 Å². The highest BCUT2D eigenvalue weighted by atomic mass is 16.5. The van der Waals surface area contributed by atoms with Crippen LogP contribution in [0.15, 0.2) is 54.6 Å². The van der Waals surface area contributed by atoms with E-state index in [0.717, 1.165) is 12.0 Å². The molecule has 0 aromatic heterocycles. The first-order valence-corrected chi connectivity index (χ1v) is 10.5. The van der Waals surface area contributed by atoms with Crippen molar-refractivity contribution in [1.82, 2.24) is 5.32 Å². The molecule has 2 aromatic rings. The molecule has 31 heavy (non-hydrogen) atoms. The number of fused-ring (bicyclic) bond motifs is 1. The number of para-hydroxylation sites is 2. The van der Waals surface area contributed by atoms with Crippen LogP contribution in [0.1, 0.15) is 38.3 Å². The fourth-order valence-corrected chi connectivity index (χ4v) is 3.49. The van der Waals surface area contributed by atoms with Crippen LogP contribution in [-0.2, 0) is 19.1 Å². The molecule has 0 bridgehead atoms. The van der Waals surface area contributed by atoms with Gasteiger partial charge < -0.3 is 14.8 Å². The summed E-state index contributed by atoms with van der Waals surface area (Å²) in [7, 11) is 0. The highest BCUT2D eigenvalue weighted by Crippen LogP contribution is 2.30. The summed E-state index contributed by atoms with van der Waals surface area (Å²) in [4.78, 5) is 38.6. The number of esters is 1. The number of nitrogens with zero attached hydrogens (tertiary/aromatic N) is 1. The average molecular weight is 424 g/mol. The summed E-state index contributed by atoms with van der Waals surface area (Å²) >= 11 is 0. The number of carbonyl (C=O) groups excluding carboxylic acids is 3. The molecule has 1 aliphatic rings. The van der Waals surface area contributed by atoms with Crippen LogP contribution in [0, 0.1) is 5.92 Å². The molecule has 7 nitrogen and oxygen atoms in total. The van der Waals surface area contributed by atoms with Crippen molar-refractivity contribution in [2.75, 3.05) is 24.7 Å². The van der Waals surface area contributed by atoms with Gasteiger partial charge in [0.2, 0.25) is 5.91 Å². The molecule has 1 atom stereocenters. The Kier molecular flexibility index (Phi) is 7.65. The van der Waals surface area contributed by atoms with Gasteiger partial charge in [-0.1, -0.05) is 56.3 Å². The van der Waals surface area contributed by atoms with Crippen LogP contribution in [0.2, 0.25) is 0 Å². The van der Waals surface area contributed by atoms with Crippen molar-refractivity contribution in [3.05, 3.63) is 60.2 Å². The second kappa shape index (κ2) is 10.6. The first-order chi connectivity index (χ1) is 14.9. The molecule has 1 aliphatic heterocycles. The third kappa shape index (κ3) is 6.31. The lowest BCUT2D eigenvalue weighted by molar-refractivity contribution is -0.147. The molecule has 2 aromatic carbocycles. The van der Waals surface area contributed by atoms with Gasteiger partial charge >= 0.3 is 5.97 Å². The van der Waals surface area contributed by atoms with Crippen LogP contribution < -0.4 is 15.0 Å². The van der Waals surface area contributed by atoms with Gasteiger partial charge in [0.15, 0.2) is 6.61 Å². The largest absolute Gasteiger partial charge is 0.491 e. The number of rotatable bonds is 8. The van der Waals surface area contributed by atoms with Crippen molar-refractivity contribution in [2.24, 2.45) is 5.92 Å². The third-order valence-corrected chi connectivity index (χ3v) is 4.93. The highest BCUT2D eigenvalue weighted by molar-refractivity contribution is 5.99. The summed E-state index contributed by atoms with van der Waals surface area (Å²) in [6, 6.07) is 16.6. The lowest BCUT2D eigenvalue weighted by Crippen LogP contribution is -2.38. The first-order valence-electron chi connectivity index (χ1n) is 10.5. The van der Waals surface area contributed by atoms with Crippen molar-refractivity contribution in [2.45, 2.75) is 32.7 Å². The maximum Gasteiger partial charge on any atom is 0.326 e. The average Bonchev–Trinajstić information content (AvgIpc) is 2.91. The van der Waals surface area contributed by atoms with Crippen LogP contribution in [0.3, 0.4) is 0 Å². The number of carbonyl (C=O) groups is 3. The second-order valence-electron chi connectivity index (χ2n) is 7.87. The number of anilines is 1. The van der Waals surface area contributed by atoms with Gasteiger partial charge in [-0.3, -0.25) is 19.3 Å². The number of benzene rings is 2. The Hall–Kier alpha value is -3.35. The monoisotopic (exact) mass is 424 g/mol. The molecule has 1 N–H and O–H groups in total. The highest BCUT2D eigenvalue weighted by Gasteiger charge is 2.26. The molecule has 0 fully saturated rings. The minimum absolute atomic E-state index is 0.163. The van der Waals surface area contributed by atoms with Gasteiger partial charge in [0.25, 0.3) is 5.91 Å². The van der Waals surface area contributed by atoms with Crippen molar-refractivity contribution >= 4 is 23.5 Å². The standard InChI is InChI=1S/C24H28N2O5/c1-17(2)14-19(18-8-4-3-5-9-18)25-22(27)16-31-24(29)15-26-20-10-6-7-11-21(20)30-13-12-23(26)28/h3-11,17,19H,12-16H2,1-2H3,(H,25,27)/t19-/m0/s1. The lowest BCUT2D eigenvalue weighted by Gasteiger charge is -2.22. The van der Waals surface area contributed by atoms with Gasteiger partial charge in [-0.05, 0) is 30.0 Å². The van der Waals surface area contributed by atoms with E-state index >= 15 is 0 Å². The number of nitrogens with one attached hydrogen (secondary N) is 1. The van der Waals surface area contributed by atoms with E-state index in [4.69, 9.17) is 9.47 Å². The van der Waals surface area contributed by atoms with Crippen LogP contribution in [0.5, 0.6) is 5.75 Å². The van der Waals surface area contributed by atoms with Gasteiger partial charge in [-0.25, -0.2) is 0 Å². The van der Waals surface area contributed by atoms with Gasteiger partial charge in [0.1, 0.15) is 12.3 Å². The lowest BCUT2D eigenvalue weighted by atomic mass is 9.97. The zero-order chi connectivity index (χ0) is 22.2. The van der Waals surface area contributed by atoms with Crippen LogP contribution in [0.4, 0.5) is 5.69 Å². The van der Waals surface area contributed by atoms with Crippen molar-refractivity contribution in [1.29, 1.82) is 0 Å². The zero-order valence-corrected chi connectivity index (χ0v) is 17.9. The van der Waals surface area contributed by atoms with Gasteiger partial charge in [-0.15, -0.1) is 0 Å². The van der Waals surface area contributed by atoms with E-state index < -0.39 is 12.6 Å². The Morgan fingerprint density at radius 2 is 1.81 bits per heavy atom. The van der Waals surface area contributed by atoms with E-state index in [1.165, 1.54) is 4.90 Å². The van der Waals surface area contributed by atoms with Gasteiger partial charge in [0, 0.05) is 0 Å². The first kappa shape index (κ1) is 22.3. The molecular formula is C24H28N2O5. The molecule has 0 unspecified atom stereocenters. The topological polar surface area (TPSA) is 84.9 Å². The maximum atomic E-state index is 12.4. The van der Waals surface area contributed by atoms with E-state index in [0.29, 0.717) is 17.4 Å². The predicted octanol–water partition coefficient (Wildman–Crippen LogP) is 3.25. The molecule has 1 heterocycles. The summed E-state index contributed by atoms with van der Waals surface area (Å²) < 4.78 is 10.7. The number of hydrogen-bond donors (Lipinski definition) is 1. The van der Waals surface area contributed by atoms with E-state index in [2.05, 4.69) is 19.2 Å². The summed E-state index contributed by atoms with van der Waals surface area (Å²) in [6.07, 6.45) is 0.930. The summed E-state index contributed by atoms with van der Waals surface area (Å²) in [6.45, 7) is 3.74. The molecule has 0 saturated carbocycles. The van der Waals surface area contributed by atoms with E-state index in [1.807, 2.05) is 30.3 Å². The minimum atomic E-state index is -0.652. The Labute approximate surface area is 182 Å². The molecule has 2 amide bonds. The predicted molar refractivity (Wildman–Crippen MR) is 117 cm³/mol. The van der Waals surface area contributed by atoms with Crippen LogP contribution in [-0.4, -0.2) is 37.5 Å². The fourth-order valence-electron chi connectivity index (χ4n) is 3.49. The number of hydrogen-bond acceptors (Lipinski definition) is 5. The summed E-state index contributed by atoms with van der Waals surface area (Å²) in [5, 5.41) is 2.94. The smallest absolute Gasteiger partial charge is 0.326 e. The van der Waals surface area contributed by atoms with Gasteiger partial charge in [-0.2, -0.15) is 0 Å². The Balaban J connectivity index is 1.57. The maximum absolute atomic E-state index is 12.4. The molecule has 0 saturated heterocycles. The second-order valence-corrected chi connectivity index (χ2v) is 7.87. The molecule has 0 aliphatic carbocycles. The molecule has 0 radical (unpaired) electrons. The third-order valence-electron chi connectivity index (χ3n) is 4.93. The Morgan fingerprint density at radius 1 is 1.10 bits per heavy atom. The SMILES string of the molecule is CC(C)C[C@H](NC(=O)COC(=O)CN1C(=O)CCOc2ccccc21)c1ccccc1. The van der Waals surface area contributed by atoms with Crippen LogP contribution >= 0.6 is 0 Å². The number of amides is 2. The van der Waals surface area contributed by atoms with Crippen molar-refractivity contribution in [3.8, 4) is 5.75 Å². The molecule has 0 spiro atoms. The molecular weight excluding hydrogens is 396 g/mol.